The summed E-state index contributed by atoms with van der Waals surface area (Å²) in [7, 11) is 0. The number of ether oxygens (including phenoxy) is 6. The van der Waals surface area contributed by atoms with Crippen LogP contribution >= 0.6 is 0 Å². The summed E-state index contributed by atoms with van der Waals surface area (Å²) >= 11 is 0. The zero-order valence-electron chi connectivity index (χ0n) is 27.1. The van der Waals surface area contributed by atoms with E-state index >= 15 is 0 Å². The number of aliphatic hydroxyl groups is 1. The molecule has 0 aromatic carbocycles. The predicted molar refractivity (Wildman–Crippen MR) is 152 cm³/mol. The van der Waals surface area contributed by atoms with Crippen LogP contribution in [-0.4, -0.2) is 72.4 Å². The van der Waals surface area contributed by atoms with Gasteiger partial charge in [-0.25, -0.2) is 19.6 Å². The van der Waals surface area contributed by atoms with Gasteiger partial charge < -0.3 is 33.5 Å². The molecular weight excluding hydrogens is 572 g/mol. The van der Waals surface area contributed by atoms with Crippen LogP contribution in [0.2, 0.25) is 0 Å². The monoisotopic (exact) mass is 624 g/mol. The third-order valence-corrected chi connectivity index (χ3v) is 13.1. The molecular formula is C33H52O11. The summed E-state index contributed by atoms with van der Waals surface area (Å²) in [4.78, 5) is 24.3. The lowest BCUT2D eigenvalue weighted by Gasteiger charge is -2.60. The molecule has 8 saturated heterocycles. The topological polar surface area (TPSA) is 113 Å². The summed E-state index contributed by atoms with van der Waals surface area (Å²) in [5.41, 5.74) is -1.27. The molecule has 0 aromatic rings. The van der Waals surface area contributed by atoms with Crippen molar-refractivity contribution in [1.29, 1.82) is 0 Å². The van der Waals surface area contributed by atoms with Crippen molar-refractivity contribution >= 4 is 0 Å². The summed E-state index contributed by atoms with van der Waals surface area (Å²) in [6.07, 6.45) is 4.63. The minimum atomic E-state index is -0.862. The lowest BCUT2D eigenvalue weighted by molar-refractivity contribution is -0.578. The van der Waals surface area contributed by atoms with Crippen LogP contribution in [-0.2, 0) is 48.0 Å². The van der Waals surface area contributed by atoms with Crippen LogP contribution in [0.1, 0.15) is 92.9 Å². The second-order valence-corrected chi connectivity index (χ2v) is 15.9. The first-order valence-corrected chi connectivity index (χ1v) is 17.3. The van der Waals surface area contributed by atoms with Gasteiger partial charge in [-0.3, -0.25) is 0 Å². The third-order valence-electron chi connectivity index (χ3n) is 13.1. The van der Waals surface area contributed by atoms with Crippen LogP contribution < -0.4 is 0 Å². The van der Waals surface area contributed by atoms with Crippen molar-refractivity contribution in [3.8, 4) is 0 Å². The normalized spacial score (nSPS) is 58.4. The van der Waals surface area contributed by atoms with Crippen molar-refractivity contribution in [2.45, 2.75) is 147 Å². The lowest BCUT2D eigenvalue weighted by Crippen LogP contribution is -2.70. The number of fused-ring (bicyclic) bond motifs is 4. The maximum atomic E-state index is 11.0. The Bertz CT molecular complexity index is 1010. The molecule has 0 radical (unpaired) electrons. The molecule has 2 saturated carbocycles. The minimum Gasteiger partial charge on any atom is -0.388 e. The third kappa shape index (κ3) is 4.48. The van der Waals surface area contributed by atoms with Crippen LogP contribution in [0.3, 0.4) is 0 Å². The number of hydrogen-bond donors (Lipinski definition) is 1. The molecule has 0 aromatic heterocycles. The van der Waals surface area contributed by atoms with Crippen molar-refractivity contribution in [3.05, 3.63) is 0 Å². The maximum Gasteiger partial charge on any atom is 0.201 e. The number of rotatable bonds is 6. The highest BCUT2D eigenvalue weighted by atomic mass is 17.3. The number of aliphatic hydroxyl groups excluding tert-OH is 1. The lowest BCUT2D eigenvalue weighted by atomic mass is 9.58. The summed E-state index contributed by atoms with van der Waals surface area (Å²) in [5.74, 6) is 0.314. The van der Waals surface area contributed by atoms with Gasteiger partial charge in [-0.2, -0.15) is 0 Å². The fraction of sp³-hybridized carbons (Fsp3) is 1.00. The Morgan fingerprint density at radius 2 is 1.05 bits per heavy atom. The van der Waals surface area contributed by atoms with E-state index in [0.717, 1.165) is 51.4 Å². The Balaban J connectivity index is 0.915. The van der Waals surface area contributed by atoms with Gasteiger partial charge >= 0.3 is 0 Å². The van der Waals surface area contributed by atoms with Crippen molar-refractivity contribution in [3.63, 3.8) is 0 Å². The molecule has 44 heavy (non-hydrogen) atoms. The average molecular weight is 625 g/mol. The minimum absolute atomic E-state index is 0.0370. The zero-order valence-corrected chi connectivity index (χ0v) is 27.1. The Morgan fingerprint density at radius 1 is 0.614 bits per heavy atom. The smallest absolute Gasteiger partial charge is 0.201 e. The van der Waals surface area contributed by atoms with Crippen LogP contribution in [0.25, 0.3) is 0 Å². The van der Waals surface area contributed by atoms with Gasteiger partial charge in [0.2, 0.25) is 11.6 Å². The average Bonchev–Trinajstić information content (AvgIpc) is 3.37. The van der Waals surface area contributed by atoms with Gasteiger partial charge in [0.15, 0.2) is 36.4 Å². The van der Waals surface area contributed by atoms with Crippen LogP contribution in [0.4, 0.5) is 0 Å². The van der Waals surface area contributed by atoms with Gasteiger partial charge in [0, 0.05) is 36.5 Å². The second kappa shape index (κ2) is 10.8. The van der Waals surface area contributed by atoms with Crippen LogP contribution in [0.5, 0.6) is 0 Å². The van der Waals surface area contributed by atoms with Gasteiger partial charge in [0.1, 0.15) is 6.10 Å². The summed E-state index contributed by atoms with van der Waals surface area (Å²) in [6.45, 7) is 12.9. The van der Waals surface area contributed by atoms with Crippen molar-refractivity contribution < 1.29 is 53.1 Å². The van der Waals surface area contributed by atoms with E-state index in [4.69, 9.17) is 48.0 Å². The molecule has 10 rings (SSSR count). The number of hydrogen-bond acceptors (Lipinski definition) is 11. The van der Waals surface area contributed by atoms with E-state index in [-0.39, 0.29) is 36.9 Å². The van der Waals surface area contributed by atoms with Crippen molar-refractivity contribution in [1.82, 2.24) is 0 Å². The Kier molecular flexibility index (Phi) is 7.57. The SMILES string of the molecule is C[C@H]1[C@@H](OCC(O)CO[C@H]2O[C@@H]3O[C@@]4(C)CC[C@H]5[C@H](C)CC[C@@H]([C@H]2C)[C@@]35OO4)O[C@@H]2O[C@@]3(C)CC[C@H]4[C@H](C)CC[C@@H]1[C@@]24OO3. The van der Waals surface area contributed by atoms with E-state index in [9.17, 15) is 5.11 Å². The highest BCUT2D eigenvalue weighted by Gasteiger charge is 2.71. The Labute approximate surface area is 260 Å². The summed E-state index contributed by atoms with van der Waals surface area (Å²) in [6, 6.07) is 0. The first-order valence-electron chi connectivity index (χ1n) is 17.3. The zero-order chi connectivity index (χ0) is 30.6. The molecule has 2 spiro atoms. The Morgan fingerprint density at radius 3 is 1.48 bits per heavy atom. The van der Waals surface area contributed by atoms with E-state index in [1.165, 1.54) is 0 Å². The quantitative estimate of drug-likeness (QED) is 0.412. The molecule has 0 amide bonds. The molecule has 11 nitrogen and oxygen atoms in total. The second-order valence-electron chi connectivity index (χ2n) is 15.9. The van der Waals surface area contributed by atoms with Crippen molar-refractivity contribution in [2.75, 3.05) is 13.2 Å². The molecule has 8 heterocycles. The predicted octanol–water partition coefficient (Wildman–Crippen LogP) is 4.80. The van der Waals surface area contributed by atoms with Gasteiger partial charge in [0.25, 0.3) is 0 Å². The van der Waals surface area contributed by atoms with Crippen LogP contribution in [0, 0.1) is 47.3 Å². The fourth-order valence-corrected chi connectivity index (χ4v) is 10.6. The molecule has 8 aliphatic heterocycles. The van der Waals surface area contributed by atoms with Crippen LogP contribution in [0.15, 0.2) is 0 Å². The molecule has 10 fully saturated rings. The van der Waals surface area contributed by atoms with Gasteiger partial charge in [0.05, 0.1) is 13.2 Å². The molecule has 4 bridgehead atoms. The molecule has 0 unspecified atom stereocenters. The fourth-order valence-electron chi connectivity index (χ4n) is 10.6. The molecule has 2 aliphatic carbocycles. The molecule has 1 N–H and O–H groups in total. The molecule has 16 atom stereocenters. The highest BCUT2D eigenvalue weighted by molar-refractivity contribution is 5.10. The van der Waals surface area contributed by atoms with Gasteiger partial charge in [-0.15, -0.1) is 0 Å². The Hall–Kier alpha value is -0.440. The summed E-state index contributed by atoms with van der Waals surface area (Å²) < 4.78 is 38.4. The largest absolute Gasteiger partial charge is 0.388 e. The molecule has 10 aliphatic rings. The standard InChI is InChI=1S/C33H52O11/c1-17-7-9-24-19(3)26(37-28-32(24)22(17)11-13-30(5,39-28)41-43-32)35-15-21(34)16-36-27-20(4)25-10-8-18(2)23-12-14-31(6)40-29(38-27)33(23,25)44-42-31/h17-29,34H,7-16H2,1-6H3/t17-,18-,19-,20-,22+,23+,24+,25+,26+,27+,28-,29-,30-,31-,32-,33-/m1/s1. The highest BCUT2D eigenvalue weighted by Crippen LogP contribution is 2.62. The maximum absolute atomic E-state index is 11.0. The van der Waals surface area contributed by atoms with E-state index in [1.54, 1.807) is 0 Å². The van der Waals surface area contributed by atoms with E-state index in [0.29, 0.717) is 23.7 Å². The van der Waals surface area contributed by atoms with E-state index in [2.05, 4.69) is 27.7 Å². The van der Waals surface area contributed by atoms with Crippen molar-refractivity contribution in [2.24, 2.45) is 47.3 Å². The van der Waals surface area contributed by atoms with E-state index < -0.39 is 54.0 Å². The first kappa shape index (κ1) is 30.9. The summed E-state index contributed by atoms with van der Waals surface area (Å²) in [5, 5.41) is 11.0. The van der Waals surface area contributed by atoms with Gasteiger partial charge in [-0.05, 0) is 76.0 Å². The van der Waals surface area contributed by atoms with Gasteiger partial charge in [-0.1, -0.05) is 27.7 Å². The first-order chi connectivity index (χ1) is 21.0. The molecule has 11 heteroatoms. The van der Waals surface area contributed by atoms with E-state index in [1.807, 2.05) is 13.8 Å². The molecule has 250 valence electrons.